The lowest BCUT2D eigenvalue weighted by atomic mass is 9.93. The van der Waals surface area contributed by atoms with Gasteiger partial charge in [-0.1, -0.05) is 18.2 Å². The highest BCUT2D eigenvalue weighted by Gasteiger charge is 2.66. The van der Waals surface area contributed by atoms with E-state index in [-0.39, 0.29) is 23.6 Å². The van der Waals surface area contributed by atoms with Crippen LogP contribution in [0.25, 0.3) is 11.1 Å². The lowest BCUT2D eigenvalue weighted by Gasteiger charge is -2.37. The molecule has 13 heteroatoms. The van der Waals surface area contributed by atoms with Gasteiger partial charge in [0, 0.05) is 26.5 Å². The number of likely N-dealkylation sites (tertiary alicyclic amines) is 1. The van der Waals surface area contributed by atoms with Gasteiger partial charge in [0.2, 0.25) is 15.6 Å². The van der Waals surface area contributed by atoms with Gasteiger partial charge in [0.05, 0.1) is 11.3 Å². The number of halogens is 6. The molecular formula is C25H24F6N2O4S. The molecule has 4 unspecified atom stereocenters. The van der Waals surface area contributed by atoms with Crippen LogP contribution in [0, 0.1) is 23.4 Å². The molecule has 3 fully saturated rings. The smallest absolute Gasteiger partial charge is 0.373 e. The van der Waals surface area contributed by atoms with Crippen molar-refractivity contribution >= 4 is 15.9 Å². The molecular weight excluding hydrogens is 538 g/mol. The van der Waals surface area contributed by atoms with E-state index < -0.39 is 87.2 Å². The predicted molar refractivity (Wildman–Crippen MR) is 124 cm³/mol. The number of hydrogen-bond donors (Lipinski definition) is 2. The van der Waals surface area contributed by atoms with Crippen LogP contribution in [0.1, 0.15) is 34.4 Å². The van der Waals surface area contributed by atoms with E-state index in [0.717, 1.165) is 12.1 Å². The van der Waals surface area contributed by atoms with Gasteiger partial charge in [-0.05, 0) is 61.7 Å². The van der Waals surface area contributed by atoms with Gasteiger partial charge in [-0.2, -0.15) is 13.2 Å². The summed E-state index contributed by atoms with van der Waals surface area (Å²) in [5.41, 5.74) is -4.61. The first-order chi connectivity index (χ1) is 18.4. The average Bonchev–Trinajstić information content (AvgIpc) is 3.72. The number of rotatable bonds is 7. The van der Waals surface area contributed by atoms with Crippen LogP contribution in [0.2, 0.25) is 0 Å². The van der Waals surface area contributed by atoms with Crippen molar-refractivity contribution in [3.05, 3.63) is 59.4 Å². The second kappa shape index (κ2) is 8.95. The zero-order valence-corrected chi connectivity index (χ0v) is 20.6. The first-order valence-corrected chi connectivity index (χ1v) is 13.3. The standard InChI is InChI=1S/C25H24F6N2O4S/c1-24(35,25(29,30)31)23(34)33-19-11-18(19)22(32-38(36,37)16-5-6-16)20(33)9-12-3-2-4-17(21(12)28)13-7-14(26)10-15(27)8-13/h2-4,7-8,10,16,18-20,22,32,35H,5-6,9,11H2,1H3/t18?,19?,20?,22?,24-/m1/s1/i11D2. The first-order valence-electron chi connectivity index (χ1n) is 12.7. The highest BCUT2D eigenvalue weighted by atomic mass is 32.2. The molecule has 2 saturated carbocycles. The highest BCUT2D eigenvalue weighted by Crippen LogP contribution is 2.51. The second-order valence-corrected chi connectivity index (χ2v) is 12.0. The van der Waals surface area contributed by atoms with E-state index in [0.29, 0.717) is 23.8 Å². The number of carbonyl (C=O) groups is 1. The normalized spacial score (nSPS) is 28.8. The summed E-state index contributed by atoms with van der Waals surface area (Å²) >= 11 is 0. The van der Waals surface area contributed by atoms with Gasteiger partial charge in [0.1, 0.15) is 17.5 Å². The zero-order valence-electron chi connectivity index (χ0n) is 21.8. The van der Waals surface area contributed by atoms with Crippen molar-refractivity contribution in [3.63, 3.8) is 0 Å². The molecule has 6 nitrogen and oxygen atoms in total. The molecule has 2 N–H and O–H groups in total. The minimum Gasteiger partial charge on any atom is -0.373 e. The monoisotopic (exact) mass is 564 g/mol. The minimum atomic E-state index is -5.45. The molecule has 0 spiro atoms. The summed E-state index contributed by atoms with van der Waals surface area (Å²) in [6.07, 6.45) is -7.69. The molecule has 2 aromatic carbocycles. The Balaban J connectivity index is 1.58. The zero-order chi connectivity index (χ0) is 29.6. The van der Waals surface area contributed by atoms with Gasteiger partial charge in [0.15, 0.2) is 0 Å². The Hall–Kier alpha value is -2.64. The van der Waals surface area contributed by atoms with Crippen molar-refractivity contribution < 1.29 is 47.4 Å². The van der Waals surface area contributed by atoms with Crippen molar-refractivity contribution in [2.75, 3.05) is 0 Å². The van der Waals surface area contributed by atoms with Gasteiger partial charge < -0.3 is 10.0 Å². The highest BCUT2D eigenvalue weighted by molar-refractivity contribution is 7.90. The number of nitrogens with zero attached hydrogens (tertiary/aromatic N) is 1. The summed E-state index contributed by atoms with van der Waals surface area (Å²) in [5, 5.41) is 9.37. The molecule has 1 aliphatic heterocycles. The summed E-state index contributed by atoms with van der Waals surface area (Å²) < 4.78 is 129. The van der Waals surface area contributed by atoms with Crippen molar-refractivity contribution in [1.82, 2.24) is 9.62 Å². The van der Waals surface area contributed by atoms with E-state index >= 15 is 4.39 Å². The number of piperidine rings is 1. The maximum Gasteiger partial charge on any atom is 0.426 e. The third-order valence-corrected chi connectivity index (χ3v) is 9.15. The maximum atomic E-state index is 15.7. The van der Waals surface area contributed by atoms with E-state index in [1.807, 2.05) is 0 Å². The van der Waals surface area contributed by atoms with Crippen LogP contribution in [0.15, 0.2) is 36.4 Å². The lowest BCUT2D eigenvalue weighted by molar-refractivity contribution is -0.251. The van der Waals surface area contributed by atoms with E-state index in [1.54, 1.807) is 0 Å². The van der Waals surface area contributed by atoms with Crippen molar-refractivity contribution in [1.29, 1.82) is 0 Å². The summed E-state index contributed by atoms with van der Waals surface area (Å²) in [4.78, 5) is 13.7. The summed E-state index contributed by atoms with van der Waals surface area (Å²) in [5.74, 6) is -6.16. The van der Waals surface area contributed by atoms with E-state index in [9.17, 15) is 40.3 Å². The quantitative estimate of drug-likeness (QED) is 0.503. The van der Waals surface area contributed by atoms with Crippen LogP contribution in [-0.4, -0.2) is 59.5 Å². The Morgan fingerprint density at radius 1 is 1.16 bits per heavy atom. The second-order valence-electron chi connectivity index (χ2n) is 10.0. The number of hydrogen-bond acceptors (Lipinski definition) is 4. The molecule has 0 bridgehead atoms. The van der Waals surface area contributed by atoms with Crippen LogP contribution < -0.4 is 4.72 Å². The van der Waals surface area contributed by atoms with Gasteiger partial charge in [-0.15, -0.1) is 0 Å². The summed E-state index contributed by atoms with van der Waals surface area (Å²) in [6.45, 7) is 0.209. The molecule has 0 aromatic heterocycles. The van der Waals surface area contributed by atoms with Gasteiger partial charge >= 0.3 is 6.18 Å². The summed E-state index contributed by atoms with van der Waals surface area (Å²) in [6, 6.07) is 1.57. The topological polar surface area (TPSA) is 86.7 Å². The minimum absolute atomic E-state index is 0.179. The molecule has 1 saturated heterocycles. The average molecular weight is 565 g/mol. The molecule has 2 aliphatic carbocycles. The SMILES string of the molecule is [2H]C1([2H])C2C(NS(=O)(=O)C3CC3)C(Cc3cccc(-c4cc(F)cc(F)c4)c3F)N(C(=O)[C@@](C)(O)C(F)(F)F)C21. The van der Waals surface area contributed by atoms with Crippen LogP contribution >= 0.6 is 0 Å². The van der Waals surface area contributed by atoms with Crippen molar-refractivity contribution in [3.8, 4) is 11.1 Å². The number of alkyl halides is 3. The molecule has 1 amide bonds. The maximum absolute atomic E-state index is 15.7. The summed E-state index contributed by atoms with van der Waals surface area (Å²) in [7, 11) is -4.05. The van der Waals surface area contributed by atoms with Crippen molar-refractivity contribution in [2.45, 2.75) is 67.7 Å². The number of benzene rings is 2. The van der Waals surface area contributed by atoms with E-state index in [4.69, 9.17) is 2.74 Å². The fourth-order valence-electron chi connectivity index (χ4n) is 4.90. The number of fused-ring (bicyclic) bond motifs is 1. The van der Waals surface area contributed by atoms with Crippen molar-refractivity contribution in [2.24, 2.45) is 5.92 Å². The molecule has 38 heavy (non-hydrogen) atoms. The third kappa shape index (κ3) is 4.68. The number of carbonyl (C=O) groups excluding carboxylic acids is 1. The Morgan fingerprint density at radius 2 is 1.79 bits per heavy atom. The van der Waals surface area contributed by atoms with Crippen LogP contribution in [0.5, 0.6) is 0 Å². The van der Waals surface area contributed by atoms with Gasteiger partial charge in [0.25, 0.3) is 5.91 Å². The van der Waals surface area contributed by atoms with Gasteiger partial charge in [-0.3, -0.25) is 4.79 Å². The van der Waals surface area contributed by atoms with Crippen LogP contribution in [0.4, 0.5) is 26.3 Å². The molecule has 5 atom stereocenters. The number of sulfonamides is 1. The van der Waals surface area contributed by atoms with Gasteiger partial charge in [-0.25, -0.2) is 26.3 Å². The fraction of sp³-hybridized carbons (Fsp3) is 0.480. The number of nitrogens with one attached hydrogen (secondary N) is 1. The predicted octanol–water partition coefficient (Wildman–Crippen LogP) is 3.68. The molecule has 3 aliphatic rings. The number of amides is 1. The molecule has 0 radical (unpaired) electrons. The fourth-order valence-corrected chi connectivity index (χ4v) is 6.53. The van der Waals surface area contributed by atoms with Crippen LogP contribution in [-0.2, 0) is 21.2 Å². The van der Waals surface area contributed by atoms with Crippen LogP contribution in [0.3, 0.4) is 0 Å². The first kappa shape index (κ1) is 24.4. The molecule has 1 heterocycles. The lowest BCUT2D eigenvalue weighted by Crippen LogP contribution is -2.60. The largest absolute Gasteiger partial charge is 0.426 e. The molecule has 2 aromatic rings. The Bertz CT molecular complexity index is 1460. The van der Waals surface area contributed by atoms with E-state index in [2.05, 4.69) is 4.72 Å². The third-order valence-electron chi connectivity index (χ3n) is 7.20. The Labute approximate surface area is 217 Å². The molecule has 206 valence electrons. The molecule has 5 rings (SSSR count). The Morgan fingerprint density at radius 3 is 2.37 bits per heavy atom. The Kier molecular flexibility index (Phi) is 5.75. The number of aliphatic hydroxyl groups is 1. The van der Waals surface area contributed by atoms with E-state index in [1.165, 1.54) is 18.2 Å².